The van der Waals surface area contributed by atoms with Crippen molar-refractivity contribution in [2.75, 3.05) is 18.9 Å². The van der Waals surface area contributed by atoms with Crippen molar-refractivity contribution in [1.82, 2.24) is 10.2 Å². The number of nitrogen functional groups attached to an aromatic ring is 1. The van der Waals surface area contributed by atoms with E-state index >= 15 is 0 Å². The summed E-state index contributed by atoms with van der Waals surface area (Å²) in [7, 11) is 0. The summed E-state index contributed by atoms with van der Waals surface area (Å²) < 4.78 is 6.19. The molecule has 2 heterocycles. The average Bonchev–Trinajstić information content (AvgIpc) is 2.63. The van der Waals surface area contributed by atoms with E-state index in [1.165, 1.54) is 11.3 Å². The van der Waals surface area contributed by atoms with Gasteiger partial charge in [0.25, 0.3) is 0 Å². The number of hydrogen-bond acceptors (Lipinski definition) is 6. The SMILES string of the molecule is Nc1nnc(SC2CCOC2)s1. The lowest BCUT2D eigenvalue weighted by molar-refractivity contribution is 0.199. The fourth-order valence-corrected chi connectivity index (χ4v) is 2.97. The number of nitrogens with two attached hydrogens (primary N) is 1. The smallest absolute Gasteiger partial charge is 0.203 e. The molecular weight excluding hydrogens is 194 g/mol. The van der Waals surface area contributed by atoms with Crippen molar-refractivity contribution >= 4 is 28.2 Å². The van der Waals surface area contributed by atoms with Gasteiger partial charge in [-0.25, -0.2) is 0 Å². The van der Waals surface area contributed by atoms with Gasteiger partial charge in [-0.05, 0) is 6.42 Å². The van der Waals surface area contributed by atoms with Gasteiger partial charge in [0.15, 0.2) is 4.34 Å². The summed E-state index contributed by atoms with van der Waals surface area (Å²) in [6, 6.07) is 0. The Kier molecular flexibility index (Phi) is 2.48. The number of hydrogen-bond donors (Lipinski definition) is 1. The van der Waals surface area contributed by atoms with E-state index in [4.69, 9.17) is 10.5 Å². The van der Waals surface area contributed by atoms with Crippen LogP contribution in [0.2, 0.25) is 0 Å². The Labute approximate surface area is 78.5 Å². The molecule has 12 heavy (non-hydrogen) atoms. The second kappa shape index (κ2) is 3.59. The van der Waals surface area contributed by atoms with E-state index in [1.807, 2.05) is 0 Å². The Morgan fingerprint density at radius 3 is 3.08 bits per heavy atom. The van der Waals surface area contributed by atoms with Crippen LogP contribution in [-0.4, -0.2) is 28.7 Å². The van der Waals surface area contributed by atoms with Gasteiger partial charge in [0.05, 0.1) is 6.61 Å². The van der Waals surface area contributed by atoms with Crippen molar-refractivity contribution in [3.05, 3.63) is 0 Å². The van der Waals surface area contributed by atoms with Crippen molar-refractivity contribution in [3.8, 4) is 0 Å². The predicted molar refractivity (Wildman–Crippen MR) is 49.4 cm³/mol. The molecule has 0 aromatic carbocycles. The monoisotopic (exact) mass is 203 g/mol. The van der Waals surface area contributed by atoms with Crippen molar-refractivity contribution in [2.24, 2.45) is 0 Å². The highest BCUT2D eigenvalue weighted by atomic mass is 32.2. The molecule has 1 aromatic heterocycles. The summed E-state index contributed by atoms with van der Waals surface area (Å²) >= 11 is 3.15. The Morgan fingerprint density at radius 2 is 2.50 bits per heavy atom. The van der Waals surface area contributed by atoms with E-state index in [0.717, 1.165) is 24.0 Å². The summed E-state index contributed by atoms with van der Waals surface area (Å²) in [5, 5.41) is 8.75. The first kappa shape index (κ1) is 8.28. The second-order valence-electron chi connectivity index (χ2n) is 2.51. The molecule has 0 aliphatic carbocycles. The largest absolute Gasteiger partial charge is 0.380 e. The van der Waals surface area contributed by atoms with Crippen molar-refractivity contribution < 1.29 is 4.74 Å². The van der Waals surface area contributed by atoms with E-state index in [9.17, 15) is 0 Å². The van der Waals surface area contributed by atoms with Crippen molar-refractivity contribution in [1.29, 1.82) is 0 Å². The summed E-state index contributed by atoms with van der Waals surface area (Å²) in [4.78, 5) is 0. The molecule has 1 atom stereocenters. The molecule has 1 aromatic rings. The lowest BCUT2D eigenvalue weighted by Gasteiger charge is -2.00. The minimum atomic E-state index is 0.538. The summed E-state index contributed by atoms with van der Waals surface area (Å²) in [6.07, 6.45) is 1.10. The van der Waals surface area contributed by atoms with Crippen molar-refractivity contribution in [2.45, 2.75) is 16.0 Å². The fraction of sp³-hybridized carbons (Fsp3) is 0.667. The fourth-order valence-electron chi connectivity index (χ4n) is 1.02. The topological polar surface area (TPSA) is 61.0 Å². The molecular formula is C6H9N3OS2. The van der Waals surface area contributed by atoms with Crippen molar-refractivity contribution in [3.63, 3.8) is 0 Å². The number of rotatable bonds is 2. The Bertz CT molecular complexity index is 259. The molecule has 4 nitrogen and oxygen atoms in total. The highest BCUT2D eigenvalue weighted by Gasteiger charge is 2.18. The van der Waals surface area contributed by atoms with Gasteiger partial charge in [-0.1, -0.05) is 23.1 Å². The van der Waals surface area contributed by atoms with Crippen LogP contribution in [0.1, 0.15) is 6.42 Å². The third kappa shape index (κ3) is 1.88. The molecule has 0 bridgehead atoms. The van der Waals surface area contributed by atoms with Gasteiger partial charge in [-0.15, -0.1) is 10.2 Å². The number of thioether (sulfide) groups is 1. The van der Waals surface area contributed by atoms with Crippen LogP contribution in [-0.2, 0) is 4.74 Å². The molecule has 2 rings (SSSR count). The predicted octanol–water partition coefficient (Wildman–Crippen LogP) is 1.00. The molecule has 2 N–H and O–H groups in total. The zero-order valence-corrected chi connectivity index (χ0v) is 8.03. The van der Waals surface area contributed by atoms with Gasteiger partial charge < -0.3 is 10.5 Å². The molecule has 1 aliphatic heterocycles. The third-order valence-corrected chi connectivity index (χ3v) is 3.65. The van der Waals surface area contributed by atoms with E-state index in [1.54, 1.807) is 11.8 Å². The molecule has 0 radical (unpaired) electrons. The highest BCUT2D eigenvalue weighted by molar-refractivity contribution is 8.01. The zero-order valence-electron chi connectivity index (χ0n) is 6.40. The number of anilines is 1. The molecule has 0 spiro atoms. The molecule has 6 heteroatoms. The average molecular weight is 203 g/mol. The molecule has 1 unspecified atom stereocenters. The van der Waals surface area contributed by atoms with Gasteiger partial charge in [0.1, 0.15) is 0 Å². The molecule has 0 saturated carbocycles. The first-order valence-electron chi connectivity index (χ1n) is 3.68. The first-order valence-corrected chi connectivity index (χ1v) is 5.37. The maximum absolute atomic E-state index is 5.45. The molecule has 66 valence electrons. The zero-order chi connectivity index (χ0) is 8.39. The van der Waals surface area contributed by atoms with Crippen LogP contribution in [0.15, 0.2) is 4.34 Å². The number of ether oxygens (including phenoxy) is 1. The van der Waals surface area contributed by atoms with Gasteiger partial charge in [0.2, 0.25) is 5.13 Å². The normalized spacial score (nSPS) is 23.2. The maximum atomic E-state index is 5.45. The highest BCUT2D eigenvalue weighted by Crippen LogP contribution is 2.31. The van der Waals surface area contributed by atoms with Crippen LogP contribution >= 0.6 is 23.1 Å². The lowest BCUT2D eigenvalue weighted by atomic mass is 10.4. The van der Waals surface area contributed by atoms with Gasteiger partial charge in [-0.2, -0.15) is 0 Å². The van der Waals surface area contributed by atoms with Crippen LogP contribution in [0, 0.1) is 0 Å². The van der Waals surface area contributed by atoms with Gasteiger partial charge in [-0.3, -0.25) is 0 Å². The van der Waals surface area contributed by atoms with Crippen LogP contribution in [0.3, 0.4) is 0 Å². The molecule has 1 saturated heterocycles. The Balaban J connectivity index is 1.94. The Morgan fingerprint density at radius 1 is 1.58 bits per heavy atom. The summed E-state index contributed by atoms with van der Waals surface area (Å²) in [5.41, 5.74) is 5.45. The molecule has 0 amide bonds. The van der Waals surface area contributed by atoms with E-state index in [-0.39, 0.29) is 0 Å². The van der Waals surface area contributed by atoms with Crippen LogP contribution < -0.4 is 5.73 Å². The Hall–Kier alpha value is -0.330. The van der Waals surface area contributed by atoms with Crippen LogP contribution in [0.5, 0.6) is 0 Å². The first-order chi connectivity index (χ1) is 5.84. The number of nitrogens with zero attached hydrogens (tertiary/aromatic N) is 2. The summed E-state index contributed by atoms with van der Waals surface area (Å²) in [5.74, 6) is 0. The summed E-state index contributed by atoms with van der Waals surface area (Å²) in [6.45, 7) is 1.69. The van der Waals surface area contributed by atoms with E-state index in [0.29, 0.717) is 10.4 Å². The third-order valence-electron chi connectivity index (χ3n) is 1.58. The van der Waals surface area contributed by atoms with E-state index in [2.05, 4.69) is 10.2 Å². The second-order valence-corrected chi connectivity index (χ2v) is 5.07. The van der Waals surface area contributed by atoms with Crippen LogP contribution in [0.4, 0.5) is 5.13 Å². The van der Waals surface area contributed by atoms with Gasteiger partial charge in [0, 0.05) is 11.9 Å². The molecule has 1 aliphatic rings. The lowest BCUT2D eigenvalue weighted by Crippen LogP contribution is -1.99. The minimum Gasteiger partial charge on any atom is -0.380 e. The maximum Gasteiger partial charge on any atom is 0.203 e. The van der Waals surface area contributed by atoms with Crippen LogP contribution in [0.25, 0.3) is 0 Å². The molecule has 1 fully saturated rings. The van der Waals surface area contributed by atoms with E-state index < -0.39 is 0 Å². The number of aromatic nitrogens is 2. The van der Waals surface area contributed by atoms with Gasteiger partial charge >= 0.3 is 0 Å². The standard InChI is InChI=1S/C6H9N3OS2/c7-5-8-9-6(12-5)11-4-1-2-10-3-4/h4H,1-3H2,(H2,7,8). The minimum absolute atomic E-state index is 0.538. The quantitative estimate of drug-likeness (QED) is 0.777.